The van der Waals surface area contributed by atoms with Crippen molar-refractivity contribution in [1.29, 1.82) is 0 Å². The van der Waals surface area contributed by atoms with E-state index in [0.29, 0.717) is 37.2 Å². The van der Waals surface area contributed by atoms with Crippen molar-refractivity contribution >= 4 is 32.9 Å². The quantitative estimate of drug-likeness (QED) is 0.193. The summed E-state index contributed by atoms with van der Waals surface area (Å²) in [6.45, 7) is 2.27. The number of amides is 2. The van der Waals surface area contributed by atoms with E-state index in [2.05, 4.69) is 68.6 Å². The van der Waals surface area contributed by atoms with E-state index in [1.54, 1.807) is 13.2 Å². The molecule has 1 aromatic heterocycles. The number of rotatable bonds is 9. The molecule has 4 unspecified atom stereocenters. The van der Waals surface area contributed by atoms with Gasteiger partial charge >= 0.3 is 10.2 Å². The van der Waals surface area contributed by atoms with E-state index in [0.717, 1.165) is 85.8 Å². The summed E-state index contributed by atoms with van der Waals surface area (Å²) < 4.78 is 37.8. The summed E-state index contributed by atoms with van der Waals surface area (Å²) in [6, 6.07) is 23.6. The largest absolute Gasteiger partial charge is 0.497 e. The number of aromatic nitrogens is 1. The molecule has 2 amide bonds. The van der Waals surface area contributed by atoms with Gasteiger partial charge in [0.05, 0.1) is 18.2 Å². The van der Waals surface area contributed by atoms with E-state index < -0.39 is 21.5 Å². The van der Waals surface area contributed by atoms with Gasteiger partial charge in [-0.2, -0.15) is 12.7 Å². The smallest absolute Gasteiger partial charge is 0.304 e. The van der Waals surface area contributed by atoms with E-state index in [1.165, 1.54) is 40.3 Å². The number of carbonyl (C=O) groups excluding carboxylic acids is 2. The van der Waals surface area contributed by atoms with Crippen molar-refractivity contribution in [3.63, 3.8) is 0 Å². The van der Waals surface area contributed by atoms with Crippen LogP contribution in [0.5, 0.6) is 5.75 Å². The number of hydrogen-bond acceptors (Lipinski definition) is 6. The van der Waals surface area contributed by atoms with Crippen molar-refractivity contribution in [3.8, 4) is 17.0 Å². The molecule has 4 aromatic rings. The van der Waals surface area contributed by atoms with Gasteiger partial charge in [-0.25, -0.2) is 4.72 Å². The Morgan fingerprint density at radius 3 is 2.36 bits per heavy atom. The molecule has 294 valence electrons. The number of benzene rings is 3. The Kier molecular flexibility index (Phi) is 8.87. The summed E-state index contributed by atoms with van der Waals surface area (Å²) in [5, 5.41) is 1.10. The fraction of sp³-hybridized carbons (Fsp3) is 0.511. The summed E-state index contributed by atoms with van der Waals surface area (Å²) in [6.07, 6.45) is 11.4. The molecule has 1 N–H and O–H groups in total. The van der Waals surface area contributed by atoms with Crippen molar-refractivity contribution in [2.24, 2.45) is 5.41 Å². The maximum Gasteiger partial charge on any atom is 0.304 e. The van der Waals surface area contributed by atoms with Crippen LogP contribution < -0.4 is 9.46 Å². The highest BCUT2D eigenvalue weighted by atomic mass is 32.2. The van der Waals surface area contributed by atoms with Gasteiger partial charge in [0, 0.05) is 72.3 Å². The minimum absolute atomic E-state index is 0.0558. The lowest BCUT2D eigenvalue weighted by Gasteiger charge is -2.44. The van der Waals surface area contributed by atoms with Crippen LogP contribution in [0.4, 0.5) is 0 Å². The molecule has 3 aromatic carbocycles. The molecule has 5 fully saturated rings. The summed E-state index contributed by atoms with van der Waals surface area (Å²) in [4.78, 5) is 33.9. The Morgan fingerprint density at radius 1 is 0.911 bits per heavy atom. The summed E-state index contributed by atoms with van der Waals surface area (Å²) >= 11 is 0. The average molecular weight is 776 g/mol. The Labute approximate surface area is 330 Å². The lowest BCUT2D eigenvalue weighted by molar-refractivity contribution is -0.143. The van der Waals surface area contributed by atoms with Gasteiger partial charge in [0.15, 0.2) is 0 Å². The van der Waals surface area contributed by atoms with Crippen LogP contribution in [0.1, 0.15) is 110 Å². The lowest BCUT2D eigenvalue weighted by Crippen LogP contribution is -2.54. The van der Waals surface area contributed by atoms with E-state index in [4.69, 9.17) is 4.74 Å². The van der Waals surface area contributed by atoms with Crippen molar-refractivity contribution in [2.75, 3.05) is 27.2 Å². The molecule has 11 heteroatoms. The zero-order valence-electron chi connectivity index (χ0n) is 32.6. The SMILES string of the molecule is COc1ccc2c(c1)C1CC1(C(=O)N1C3CCC1CC(N(C)Cc1ccccc1)C3)Cn1c-2c(C2CCCCC2)c2ccc(C(=O)NS(=O)(=O)N3CCC3)cc21. The maximum absolute atomic E-state index is 15.5. The summed E-state index contributed by atoms with van der Waals surface area (Å²) in [5.41, 5.74) is 6.69. The minimum Gasteiger partial charge on any atom is -0.497 e. The van der Waals surface area contributed by atoms with Gasteiger partial charge in [-0.3, -0.25) is 14.5 Å². The Balaban J connectivity index is 1.05. The van der Waals surface area contributed by atoms with Crippen LogP contribution in [0.25, 0.3) is 22.2 Å². The second-order valence-corrected chi connectivity index (χ2v) is 19.3. The van der Waals surface area contributed by atoms with Crippen LogP contribution in [-0.2, 0) is 28.1 Å². The average Bonchev–Trinajstić information content (AvgIpc) is 3.77. The van der Waals surface area contributed by atoms with Crippen LogP contribution >= 0.6 is 0 Å². The van der Waals surface area contributed by atoms with E-state index >= 15 is 4.79 Å². The van der Waals surface area contributed by atoms with Gasteiger partial charge < -0.3 is 14.2 Å². The first-order chi connectivity index (χ1) is 27.1. The Morgan fingerprint density at radius 2 is 1.66 bits per heavy atom. The van der Waals surface area contributed by atoms with Gasteiger partial charge in [-0.05, 0) is 111 Å². The monoisotopic (exact) mass is 775 g/mol. The topological polar surface area (TPSA) is 104 Å². The molecule has 4 atom stereocenters. The normalized spacial score (nSPS) is 27.2. The predicted octanol–water partition coefficient (Wildman–Crippen LogP) is 7.19. The minimum atomic E-state index is -3.91. The number of ether oxygens (including phenoxy) is 1. The fourth-order valence-electron chi connectivity index (χ4n) is 11.3. The maximum atomic E-state index is 15.5. The number of methoxy groups -OCH3 is 1. The van der Waals surface area contributed by atoms with Gasteiger partial charge in [0.2, 0.25) is 5.91 Å². The Bertz CT molecular complexity index is 2300. The summed E-state index contributed by atoms with van der Waals surface area (Å²) in [5.74, 6) is 0.856. The molecule has 6 aliphatic rings. The van der Waals surface area contributed by atoms with Gasteiger partial charge in [-0.1, -0.05) is 55.7 Å². The van der Waals surface area contributed by atoms with Crippen molar-refractivity contribution in [2.45, 2.75) is 114 Å². The molecule has 2 aliphatic carbocycles. The highest BCUT2D eigenvalue weighted by molar-refractivity contribution is 7.87. The first-order valence-corrected chi connectivity index (χ1v) is 22.3. The molecular weight excluding hydrogens is 723 g/mol. The fourth-order valence-corrected chi connectivity index (χ4v) is 12.5. The zero-order valence-corrected chi connectivity index (χ0v) is 33.4. The third-order valence-corrected chi connectivity index (χ3v) is 15.9. The predicted molar refractivity (Wildman–Crippen MR) is 217 cm³/mol. The molecule has 2 bridgehead atoms. The van der Waals surface area contributed by atoms with Crippen LogP contribution in [-0.4, -0.2) is 84.3 Å². The third-order valence-electron chi connectivity index (χ3n) is 14.4. The molecule has 3 saturated heterocycles. The number of carbonyl (C=O) groups is 2. The van der Waals surface area contributed by atoms with Crippen molar-refractivity contribution in [1.82, 2.24) is 23.4 Å². The molecular formula is C45H53N5O5S. The molecule has 56 heavy (non-hydrogen) atoms. The molecule has 0 radical (unpaired) electrons. The van der Waals surface area contributed by atoms with Gasteiger partial charge in [-0.15, -0.1) is 0 Å². The van der Waals surface area contributed by atoms with Crippen molar-refractivity contribution < 1.29 is 22.7 Å². The zero-order chi connectivity index (χ0) is 38.3. The summed E-state index contributed by atoms with van der Waals surface area (Å²) in [7, 11) is 0.0318. The molecule has 0 spiro atoms. The first-order valence-electron chi connectivity index (χ1n) is 20.9. The number of piperidine rings is 1. The molecule has 5 heterocycles. The third kappa shape index (κ3) is 5.90. The van der Waals surface area contributed by atoms with E-state index in [9.17, 15) is 13.2 Å². The number of nitrogens with one attached hydrogen (secondary N) is 1. The van der Waals surface area contributed by atoms with Crippen LogP contribution in [0, 0.1) is 5.41 Å². The lowest BCUT2D eigenvalue weighted by atomic mass is 9.81. The molecule has 2 saturated carbocycles. The van der Waals surface area contributed by atoms with Gasteiger partial charge in [0.25, 0.3) is 5.91 Å². The van der Waals surface area contributed by atoms with Crippen molar-refractivity contribution in [3.05, 3.63) is 89.0 Å². The van der Waals surface area contributed by atoms with E-state index in [1.807, 2.05) is 18.2 Å². The van der Waals surface area contributed by atoms with Gasteiger partial charge in [0.1, 0.15) is 5.75 Å². The first kappa shape index (κ1) is 36.2. The number of fused-ring (bicyclic) bond motifs is 9. The number of hydrogen-bond donors (Lipinski definition) is 1. The van der Waals surface area contributed by atoms with E-state index in [-0.39, 0.29) is 23.9 Å². The highest BCUT2D eigenvalue weighted by Gasteiger charge is 2.65. The van der Waals surface area contributed by atoms with Crippen LogP contribution in [0.3, 0.4) is 0 Å². The number of nitrogens with zero attached hydrogens (tertiary/aromatic N) is 4. The molecule has 10 nitrogen and oxygen atoms in total. The van der Waals surface area contributed by atoms with Crippen LogP contribution in [0.2, 0.25) is 0 Å². The second kappa shape index (κ2) is 13.7. The highest BCUT2D eigenvalue weighted by Crippen LogP contribution is 2.67. The molecule has 10 rings (SSSR count). The van der Waals surface area contributed by atoms with Crippen LogP contribution in [0.15, 0.2) is 66.7 Å². The second-order valence-electron chi connectivity index (χ2n) is 17.6. The molecule has 4 aliphatic heterocycles. The Hall–Kier alpha value is -4.19. The standard InChI is InChI=1S/C45H53N5O5S/c1-47(27-29-10-5-3-6-11-29)34-23-32-15-16-33(24-34)50(32)44(52)45-26-39(45)38-25-35(55-2)17-19-36(38)42-41(30-12-7-4-8-13-30)37-18-14-31(22-40(37)49(42)28-45)43(51)46-56(53,54)48-20-9-21-48/h3,5-6,10-11,14,17-19,22,25,30,32-34,39H,4,7-9,12-13,15-16,20-21,23-24,26-28H2,1-2H3,(H,46,51).